The minimum atomic E-state index is -1.86. The van der Waals surface area contributed by atoms with Gasteiger partial charge in [-0.05, 0) is 0 Å². The summed E-state index contributed by atoms with van der Waals surface area (Å²) in [6.07, 6.45) is -8.65. The predicted octanol–water partition coefficient (Wildman–Crippen LogP) is -4.05. The highest BCUT2D eigenvalue weighted by molar-refractivity contribution is 5.56. The molecule has 0 aromatic carbocycles. The van der Waals surface area contributed by atoms with Crippen LogP contribution in [0.2, 0.25) is 0 Å². The van der Waals surface area contributed by atoms with Crippen molar-refractivity contribution in [1.29, 1.82) is 0 Å². The molecule has 0 bridgehead atoms. The summed E-state index contributed by atoms with van der Waals surface area (Å²) in [4.78, 5) is 10.0. The first-order valence-electron chi connectivity index (χ1n) is 4.01. The molecule has 0 aromatic heterocycles. The Morgan fingerprint density at radius 2 is 1.50 bits per heavy atom. The van der Waals surface area contributed by atoms with E-state index in [-0.39, 0.29) is 12.8 Å². The zero-order valence-electron chi connectivity index (χ0n) is 7.39. The third-order valence-corrected chi connectivity index (χ3v) is 1.82. The van der Waals surface area contributed by atoms with Gasteiger partial charge < -0.3 is 36.1 Å². The molecule has 0 aliphatic carbocycles. The molecule has 0 heterocycles. The van der Waals surface area contributed by atoms with E-state index in [0.717, 1.165) is 0 Å². The average molecular weight is 209 g/mol. The lowest BCUT2D eigenvalue weighted by Crippen LogP contribution is -2.51. The van der Waals surface area contributed by atoms with Gasteiger partial charge in [0.05, 0.1) is 6.10 Å². The molecule has 0 unspecified atom stereocenters. The zero-order chi connectivity index (χ0) is 11.3. The van der Waals surface area contributed by atoms with Gasteiger partial charge in [-0.25, -0.2) is 0 Å². The monoisotopic (exact) mass is 209 g/mol. The van der Waals surface area contributed by atoms with E-state index in [1.807, 2.05) is 0 Å². The van der Waals surface area contributed by atoms with E-state index in [1.54, 1.807) is 0 Å². The van der Waals surface area contributed by atoms with E-state index in [0.29, 0.717) is 0 Å². The Labute approximate surface area is 80.4 Å². The molecule has 5 atom stereocenters. The fourth-order valence-corrected chi connectivity index (χ4v) is 0.852. The summed E-state index contributed by atoms with van der Waals surface area (Å²) in [6.45, 7) is -0.317. The quantitative estimate of drug-likeness (QED) is 0.244. The number of aliphatic hydroxyl groups excluding tert-OH is 5. The van der Waals surface area contributed by atoms with Crippen LogP contribution in [0.1, 0.15) is 0 Å². The van der Waals surface area contributed by atoms with Crippen LogP contribution in [0.3, 0.4) is 0 Å². The number of nitrogens with two attached hydrogens (primary N) is 1. The lowest BCUT2D eigenvalue weighted by molar-refractivity contribution is -0.143. The molecule has 0 saturated carbocycles. The molecule has 84 valence electrons. The van der Waals surface area contributed by atoms with Crippen molar-refractivity contribution in [2.75, 3.05) is 6.54 Å². The van der Waals surface area contributed by atoms with Gasteiger partial charge in [-0.15, -0.1) is 0 Å². The van der Waals surface area contributed by atoms with Gasteiger partial charge in [0.25, 0.3) is 0 Å². The van der Waals surface area contributed by atoms with Gasteiger partial charge in [0.1, 0.15) is 24.4 Å². The van der Waals surface area contributed by atoms with Crippen LogP contribution in [-0.2, 0) is 4.79 Å². The lowest BCUT2D eigenvalue weighted by Gasteiger charge is -2.26. The molecule has 0 radical (unpaired) electrons. The first kappa shape index (κ1) is 13.4. The van der Waals surface area contributed by atoms with Gasteiger partial charge in [0.15, 0.2) is 6.29 Å². The highest BCUT2D eigenvalue weighted by atomic mass is 16.4. The summed E-state index contributed by atoms with van der Waals surface area (Å²) < 4.78 is 0. The molecular weight excluding hydrogens is 194 g/mol. The molecular formula is C7H15NO6. The molecule has 0 spiro atoms. The maximum absolute atomic E-state index is 10.0. The van der Waals surface area contributed by atoms with E-state index in [1.165, 1.54) is 0 Å². The first-order chi connectivity index (χ1) is 6.45. The van der Waals surface area contributed by atoms with Crippen LogP contribution < -0.4 is 5.73 Å². The Kier molecular flexibility index (Phi) is 5.77. The maximum Gasteiger partial charge on any atom is 0.151 e. The zero-order valence-corrected chi connectivity index (χ0v) is 7.39. The van der Waals surface area contributed by atoms with Crippen molar-refractivity contribution in [1.82, 2.24) is 0 Å². The normalized spacial score (nSPS) is 22.1. The fraction of sp³-hybridized carbons (Fsp3) is 0.857. The van der Waals surface area contributed by atoms with Crippen LogP contribution in [0, 0.1) is 0 Å². The SMILES string of the molecule is NC[C@@H](O)[C@H](O)[C@H](O)[C@@H](O)[C@H](O)C=O. The Morgan fingerprint density at radius 1 is 1.00 bits per heavy atom. The van der Waals surface area contributed by atoms with Gasteiger partial charge >= 0.3 is 0 Å². The lowest BCUT2D eigenvalue weighted by atomic mass is 10.00. The molecule has 0 aromatic rings. The van der Waals surface area contributed by atoms with E-state index >= 15 is 0 Å². The number of carbonyl (C=O) groups excluding carboxylic acids is 1. The topological polar surface area (TPSA) is 144 Å². The smallest absolute Gasteiger partial charge is 0.151 e. The van der Waals surface area contributed by atoms with Crippen LogP contribution in [0.25, 0.3) is 0 Å². The summed E-state index contributed by atoms with van der Waals surface area (Å²) in [6, 6.07) is 0. The summed E-state index contributed by atoms with van der Waals surface area (Å²) >= 11 is 0. The highest BCUT2D eigenvalue weighted by Gasteiger charge is 2.33. The molecule has 0 saturated heterocycles. The number of aliphatic hydroxyl groups is 5. The molecule has 7 nitrogen and oxygen atoms in total. The molecule has 0 rings (SSSR count). The Bertz CT molecular complexity index is 178. The molecule has 14 heavy (non-hydrogen) atoms. The van der Waals surface area contributed by atoms with Crippen molar-refractivity contribution in [3.8, 4) is 0 Å². The maximum atomic E-state index is 10.0. The third-order valence-electron chi connectivity index (χ3n) is 1.82. The van der Waals surface area contributed by atoms with Gasteiger partial charge in [-0.1, -0.05) is 0 Å². The molecule has 7 N–H and O–H groups in total. The van der Waals surface area contributed by atoms with Crippen molar-refractivity contribution in [2.24, 2.45) is 5.73 Å². The van der Waals surface area contributed by atoms with E-state index in [9.17, 15) is 4.79 Å². The van der Waals surface area contributed by atoms with Gasteiger partial charge in [0.2, 0.25) is 0 Å². The molecule has 0 fully saturated rings. The average Bonchev–Trinajstić information content (AvgIpc) is 2.23. The standard InChI is InChI=1S/C7H15NO6/c8-1-3(10)5(12)7(14)6(13)4(11)2-9/h2-7,10-14H,1,8H2/t3-,4-,5+,6+,7+/m1/s1. The first-order valence-corrected chi connectivity index (χ1v) is 4.01. The molecule has 0 amide bonds. The van der Waals surface area contributed by atoms with Crippen molar-refractivity contribution in [3.05, 3.63) is 0 Å². The minimum absolute atomic E-state index is 0.00936. The second-order valence-electron chi connectivity index (χ2n) is 2.90. The molecule has 0 aliphatic rings. The van der Waals surface area contributed by atoms with Crippen LogP contribution in [0.4, 0.5) is 0 Å². The van der Waals surface area contributed by atoms with E-state index in [2.05, 4.69) is 0 Å². The number of hydrogen-bond acceptors (Lipinski definition) is 7. The van der Waals surface area contributed by atoms with Crippen LogP contribution in [0.5, 0.6) is 0 Å². The molecule has 0 aliphatic heterocycles. The number of rotatable bonds is 6. The van der Waals surface area contributed by atoms with Gasteiger partial charge in [0, 0.05) is 6.54 Å². The number of hydrogen-bond donors (Lipinski definition) is 6. The minimum Gasteiger partial charge on any atom is -0.389 e. The van der Waals surface area contributed by atoms with Crippen molar-refractivity contribution in [3.63, 3.8) is 0 Å². The fourth-order valence-electron chi connectivity index (χ4n) is 0.852. The number of aldehydes is 1. The summed E-state index contributed by atoms with van der Waals surface area (Å²) in [5.41, 5.74) is 4.98. The van der Waals surface area contributed by atoms with Crippen LogP contribution in [0.15, 0.2) is 0 Å². The Balaban J connectivity index is 4.29. The van der Waals surface area contributed by atoms with Gasteiger partial charge in [-0.2, -0.15) is 0 Å². The summed E-state index contributed by atoms with van der Waals surface area (Å²) in [5.74, 6) is 0. The highest BCUT2D eigenvalue weighted by Crippen LogP contribution is 2.06. The van der Waals surface area contributed by atoms with Crippen molar-refractivity contribution < 1.29 is 30.3 Å². The summed E-state index contributed by atoms with van der Waals surface area (Å²) in [5, 5.41) is 45.1. The second-order valence-corrected chi connectivity index (χ2v) is 2.90. The van der Waals surface area contributed by atoms with Crippen LogP contribution in [-0.4, -0.2) is 68.9 Å². The second kappa shape index (κ2) is 6.02. The van der Waals surface area contributed by atoms with Crippen molar-refractivity contribution in [2.45, 2.75) is 30.5 Å². The Morgan fingerprint density at radius 3 is 1.86 bits per heavy atom. The van der Waals surface area contributed by atoms with E-state index < -0.39 is 30.5 Å². The molecule has 7 heteroatoms. The summed E-state index contributed by atoms with van der Waals surface area (Å²) in [7, 11) is 0. The van der Waals surface area contributed by atoms with Crippen molar-refractivity contribution >= 4 is 6.29 Å². The third kappa shape index (κ3) is 3.29. The van der Waals surface area contributed by atoms with Gasteiger partial charge in [-0.3, -0.25) is 0 Å². The Hall–Kier alpha value is -0.570. The largest absolute Gasteiger partial charge is 0.389 e. The number of carbonyl (C=O) groups is 1. The van der Waals surface area contributed by atoms with E-state index in [4.69, 9.17) is 31.3 Å². The van der Waals surface area contributed by atoms with Crippen LogP contribution >= 0.6 is 0 Å². The predicted molar refractivity (Wildman–Crippen MR) is 45.2 cm³/mol.